The van der Waals surface area contributed by atoms with Gasteiger partial charge in [0.05, 0.1) is 29.0 Å². The van der Waals surface area contributed by atoms with Crippen LogP contribution in [0.5, 0.6) is 0 Å². The van der Waals surface area contributed by atoms with Crippen molar-refractivity contribution < 1.29 is 4.74 Å². The molecule has 28 heavy (non-hydrogen) atoms. The summed E-state index contributed by atoms with van der Waals surface area (Å²) >= 11 is 3.31. The third-order valence-electron chi connectivity index (χ3n) is 4.72. The summed E-state index contributed by atoms with van der Waals surface area (Å²) in [5.41, 5.74) is 9.69. The highest BCUT2D eigenvalue weighted by Gasteiger charge is 2.23. The van der Waals surface area contributed by atoms with Gasteiger partial charge >= 0.3 is 0 Å². The number of fused-ring (bicyclic) bond motifs is 1. The van der Waals surface area contributed by atoms with Crippen molar-refractivity contribution in [1.29, 1.82) is 0 Å². The number of hydrogen-bond acceptors (Lipinski definition) is 9. The number of thiophene rings is 2. The Bertz CT molecular complexity index is 1120. The summed E-state index contributed by atoms with van der Waals surface area (Å²) in [7, 11) is 0. The molecule has 1 radical (unpaired) electrons. The number of ether oxygens (including phenoxy) is 1. The van der Waals surface area contributed by atoms with Crippen molar-refractivity contribution in [3.8, 4) is 21.8 Å². The van der Waals surface area contributed by atoms with E-state index in [0.717, 1.165) is 40.3 Å². The Hall–Kier alpha value is -2.62. The predicted molar refractivity (Wildman–Crippen MR) is 113 cm³/mol. The lowest BCUT2D eigenvalue weighted by atomic mass is 10.1. The Morgan fingerprint density at radius 3 is 2.64 bits per heavy atom. The van der Waals surface area contributed by atoms with Crippen molar-refractivity contribution in [3.05, 3.63) is 34.8 Å². The molecule has 4 aromatic rings. The fourth-order valence-electron chi connectivity index (χ4n) is 3.27. The van der Waals surface area contributed by atoms with Crippen LogP contribution >= 0.6 is 22.7 Å². The third kappa shape index (κ3) is 3.01. The first-order chi connectivity index (χ1) is 13.7. The molecular formula is C19H17N6OS2. The Kier molecular flexibility index (Phi) is 4.42. The van der Waals surface area contributed by atoms with Gasteiger partial charge in [0, 0.05) is 46.7 Å². The average Bonchev–Trinajstić information content (AvgIpc) is 3.37. The number of rotatable bonds is 3. The third-order valence-corrected chi connectivity index (χ3v) is 6.67. The smallest absolute Gasteiger partial charge is 0.219 e. The second-order valence-corrected chi connectivity index (χ2v) is 8.22. The van der Waals surface area contributed by atoms with E-state index in [2.05, 4.69) is 32.6 Å². The van der Waals surface area contributed by atoms with Crippen LogP contribution in [0.15, 0.2) is 23.8 Å². The van der Waals surface area contributed by atoms with E-state index >= 15 is 0 Å². The lowest BCUT2D eigenvalue weighted by Crippen LogP contribution is -2.36. The quantitative estimate of drug-likeness (QED) is 0.554. The minimum absolute atomic E-state index is 0.237. The van der Waals surface area contributed by atoms with Crippen LogP contribution in [0.3, 0.4) is 0 Å². The van der Waals surface area contributed by atoms with E-state index in [0.29, 0.717) is 19.0 Å². The predicted octanol–water partition coefficient (Wildman–Crippen LogP) is 3.40. The molecule has 1 fully saturated rings. The maximum atomic E-state index is 5.64. The Morgan fingerprint density at radius 1 is 1.14 bits per heavy atom. The van der Waals surface area contributed by atoms with Crippen molar-refractivity contribution in [2.75, 3.05) is 36.9 Å². The molecule has 0 spiro atoms. The fraction of sp³-hybridized carbons (Fsp3) is 0.263. The maximum absolute atomic E-state index is 5.64. The van der Waals surface area contributed by atoms with Gasteiger partial charge in [-0.3, -0.25) is 0 Å². The molecule has 0 aromatic carbocycles. The molecule has 1 aliphatic rings. The fourth-order valence-corrected chi connectivity index (χ4v) is 5.17. The zero-order valence-electron chi connectivity index (χ0n) is 15.2. The van der Waals surface area contributed by atoms with Gasteiger partial charge in [-0.25, -0.2) is 19.9 Å². The summed E-state index contributed by atoms with van der Waals surface area (Å²) in [5, 5.41) is 5.30. The van der Waals surface area contributed by atoms with Crippen molar-refractivity contribution >= 4 is 44.7 Å². The largest absolute Gasteiger partial charge is 0.378 e. The summed E-state index contributed by atoms with van der Waals surface area (Å²) in [5.74, 6) is 1.79. The van der Waals surface area contributed by atoms with Crippen LogP contribution in [0.4, 0.5) is 11.8 Å². The van der Waals surface area contributed by atoms with Crippen molar-refractivity contribution in [3.63, 3.8) is 0 Å². The van der Waals surface area contributed by atoms with E-state index < -0.39 is 0 Å². The van der Waals surface area contributed by atoms with Crippen molar-refractivity contribution in [1.82, 2.24) is 19.9 Å². The van der Waals surface area contributed by atoms with E-state index in [1.807, 2.05) is 6.07 Å². The molecule has 5 rings (SSSR count). The van der Waals surface area contributed by atoms with E-state index in [1.54, 1.807) is 35.1 Å². The topological polar surface area (TPSA) is 90.0 Å². The lowest BCUT2D eigenvalue weighted by molar-refractivity contribution is 0.122. The van der Waals surface area contributed by atoms with Crippen molar-refractivity contribution in [2.45, 2.75) is 6.92 Å². The number of hydrogen-bond donors (Lipinski definition) is 1. The molecule has 2 N–H and O–H groups in total. The summed E-state index contributed by atoms with van der Waals surface area (Å²) < 4.78 is 6.63. The number of nitrogen functional groups attached to an aromatic ring is 1. The minimum Gasteiger partial charge on any atom is -0.378 e. The molecule has 1 saturated heterocycles. The first-order valence-electron chi connectivity index (χ1n) is 8.87. The van der Waals surface area contributed by atoms with E-state index in [4.69, 9.17) is 20.4 Å². The van der Waals surface area contributed by atoms with E-state index in [-0.39, 0.29) is 5.95 Å². The first kappa shape index (κ1) is 17.5. The molecule has 141 valence electrons. The molecule has 7 nitrogen and oxygen atoms in total. The molecule has 0 saturated carbocycles. The van der Waals surface area contributed by atoms with Gasteiger partial charge in [0.1, 0.15) is 0 Å². The number of anilines is 2. The van der Waals surface area contributed by atoms with Gasteiger partial charge in [-0.15, -0.1) is 22.7 Å². The Balaban J connectivity index is 1.73. The van der Waals surface area contributed by atoms with Gasteiger partial charge in [-0.05, 0) is 18.6 Å². The standard InChI is InChI=1S/C19H17N6OS2/c1-11-14-16(28-15(11)12-2-7-27-10-12)18(25-3-5-26-6-4-25)24-17(23-14)13-8-21-19(20)22-9-13/h2,8-10H,3-6H2,1H3,(H2,20,21,22). The minimum atomic E-state index is 0.237. The second-order valence-electron chi connectivity index (χ2n) is 6.49. The average molecular weight is 410 g/mol. The molecular weight excluding hydrogens is 392 g/mol. The van der Waals surface area contributed by atoms with Gasteiger partial charge in [-0.1, -0.05) is 0 Å². The molecule has 1 aliphatic heterocycles. The zero-order valence-corrected chi connectivity index (χ0v) is 16.8. The highest BCUT2D eigenvalue weighted by atomic mass is 32.1. The molecule has 0 bridgehead atoms. The van der Waals surface area contributed by atoms with Gasteiger partial charge < -0.3 is 15.4 Å². The highest BCUT2D eigenvalue weighted by Crippen LogP contribution is 2.42. The van der Waals surface area contributed by atoms with Gasteiger partial charge in [0.15, 0.2) is 11.6 Å². The molecule has 0 atom stereocenters. The highest BCUT2D eigenvalue weighted by molar-refractivity contribution is 7.23. The van der Waals surface area contributed by atoms with Crippen LogP contribution in [0.25, 0.3) is 32.0 Å². The Labute approximate surface area is 169 Å². The molecule has 0 amide bonds. The SMILES string of the molecule is Cc1c(-c2c[c]sc2)sc2c(N3CCOCC3)nc(-c3cnc(N)nc3)nc12. The molecule has 4 aromatic heterocycles. The normalized spacial score (nSPS) is 14.7. The number of nitrogens with zero attached hydrogens (tertiary/aromatic N) is 5. The van der Waals surface area contributed by atoms with Crippen LogP contribution in [0, 0.1) is 12.3 Å². The van der Waals surface area contributed by atoms with Crippen molar-refractivity contribution in [2.24, 2.45) is 0 Å². The summed E-state index contributed by atoms with van der Waals surface area (Å²) in [4.78, 5) is 21.5. The summed E-state index contributed by atoms with van der Waals surface area (Å²) in [6, 6.07) is 2.03. The van der Waals surface area contributed by atoms with Crippen LogP contribution in [-0.2, 0) is 4.74 Å². The van der Waals surface area contributed by atoms with Crippen LogP contribution in [0.1, 0.15) is 5.56 Å². The van der Waals surface area contributed by atoms with Crippen LogP contribution < -0.4 is 10.6 Å². The summed E-state index contributed by atoms with van der Waals surface area (Å²) in [6.07, 6.45) is 3.34. The zero-order chi connectivity index (χ0) is 19.1. The number of nitrogens with two attached hydrogens (primary N) is 1. The number of morpholine rings is 1. The van der Waals surface area contributed by atoms with Gasteiger partial charge in [0.2, 0.25) is 5.95 Å². The maximum Gasteiger partial charge on any atom is 0.219 e. The molecule has 9 heteroatoms. The van der Waals surface area contributed by atoms with E-state index in [9.17, 15) is 0 Å². The van der Waals surface area contributed by atoms with E-state index in [1.165, 1.54) is 10.4 Å². The second kappa shape index (κ2) is 7.08. The molecule has 0 unspecified atom stereocenters. The Morgan fingerprint density at radius 2 is 1.93 bits per heavy atom. The monoisotopic (exact) mass is 409 g/mol. The summed E-state index contributed by atoms with van der Waals surface area (Å²) in [6.45, 7) is 5.13. The number of aryl methyl sites for hydroxylation is 1. The molecule has 5 heterocycles. The lowest BCUT2D eigenvalue weighted by Gasteiger charge is -2.28. The molecule has 0 aliphatic carbocycles. The number of aromatic nitrogens is 4. The van der Waals surface area contributed by atoms with Crippen LogP contribution in [-0.4, -0.2) is 46.2 Å². The van der Waals surface area contributed by atoms with Gasteiger partial charge in [0.25, 0.3) is 0 Å². The first-order valence-corrected chi connectivity index (χ1v) is 10.6. The van der Waals surface area contributed by atoms with Crippen LogP contribution in [0.2, 0.25) is 0 Å². The van der Waals surface area contributed by atoms with Gasteiger partial charge in [-0.2, -0.15) is 0 Å².